The van der Waals surface area contributed by atoms with E-state index in [9.17, 15) is 14.4 Å². The number of amides is 2. The van der Waals surface area contributed by atoms with E-state index in [0.29, 0.717) is 0 Å². The van der Waals surface area contributed by atoms with Gasteiger partial charge in [0.2, 0.25) is 5.91 Å². The molecule has 0 aromatic rings. The first-order valence-electron chi connectivity index (χ1n) is 3.59. The third-order valence-electron chi connectivity index (χ3n) is 1.13. The number of carboxylic acids is 1. The van der Waals surface area contributed by atoms with Crippen molar-refractivity contribution in [3.05, 3.63) is 24.9 Å². The average Bonchev–Trinajstić information content (AvgIpc) is 2.13. The lowest BCUT2D eigenvalue weighted by molar-refractivity contribution is -0.137. The van der Waals surface area contributed by atoms with Crippen LogP contribution in [-0.4, -0.2) is 29.4 Å². The Morgan fingerprint density at radius 3 is 2.36 bits per heavy atom. The molecule has 0 atom stereocenters. The highest BCUT2D eigenvalue weighted by Crippen LogP contribution is 1.84. The van der Waals surface area contributed by atoms with Gasteiger partial charge in [0, 0.05) is 0 Å². The minimum absolute atomic E-state index is 0.226. The van der Waals surface area contributed by atoms with E-state index in [1.807, 2.05) is 5.32 Å². The fourth-order valence-corrected chi connectivity index (χ4v) is 0.519. The number of nitrogens with one attached hydrogen (secondary N) is 2. The molecule has 0 bridgehead atoms. The molecule has 0 rings (SSSR count). The summed E-state index contributed by atoms with van der Waals surface area (Å²) < 4.78 is 0. The summed E-state index contributed by atoms with van der Waals surface area (Å²) in [5, 5.41) is 12.3. The van der Waals surface area contributed by atoms with E-state index >= 15 is 0 Å². The van der Waals surface area contributed by atoms with Crippen LogP contribution in [0.25, 0.3) is 0 Å². The number of carbonyl (C=O) groups excluding carboxylic acids is 2. The zero-order valence-corrected chi connectivity index (χ0v) is 7.37. The van der Waals surface area contributed by atoms with Crippen LogP contribution >= 0.6 is 0 Å². The van der Waals surface area contributed by atoms with Gasteiger partial charge in [-0.1, -0.05) is 13.2 Å². The number of carbonyl (C=O) groups is 3. The molecule has 0 saturated heterocycles. The quantitative estimate of drug-likeness (QED) is 0.494. The molecule has 76 valence electrons. The van der Waals surface area contributed by atoms with Crippen molar-refractivity contribution in [1.29, 1.82) is 0 Å². The molecule has 0 aliphatic rings. The van der Waals surface area contributed by atoms with Gasteiger partial charge in [0.1, 0.15) is 6.54 Å². The maximum absolute atomic E-state index is 11.0. The maximum atomic E-state index is 11.0. The maximum Gasteiger partial charge on any atom is 0.322 e. The number of hydrogen-bond acceptors (Lipinski definition) is 3. The number of aliphatic carboxylic acids is 1. The normalized spacial score (nSPS) is 8.57. The smallest absolute Gasteiger partial charge is 0.322 e. The van der Waals surface area contributed by atoms with Gasteiger partial charge in [0.25, 0.3) is 5.91 Å². The van der Waals surface area contributed by atoms with Crippen molar-refractivity contribution in [3.8, 4) is 0 Å². The van der Waals surface area contributed by atoms with Crippen LogP contribution in [0.3, 0.4) is 0 Å². The van der Waals surface area contributed by atoms with Crippen molar-refractivity contribution in [3.63, 3.8) is 0 Å². The van der Waals surface area contributed by atoms with Gasteiger partial charge in [-0.05, 0) is 6.08 Å². The van der Waals surface area contributed by atoms with Crippen LogP contribution in [0.5, 0.6) is 0 Å². The molecular weight excluding hydrogens is 188 g/mol. The molecule has 14 heavy (non-hydrogen) atoms. The third-order valence-corrected chi connectivity index (χ3v) is 1.13. The summed E-state index contributed by atoms with van der Waals surface area (Å²) in [6.07, 6.45) is 0.968. The predicted octanol–water partition coefficient (Wildman–Crippen LogP) is -0.997. The van der Waals surface area contributed by atoms with Crippen LogP contribution in [0.2, 0.25) is 0 Å². The average molecular weight is 198 g/mol. The van der Waals surface area contributed by atoms with Gasteiger partial charge in [-0.3, -0.25) is 14.4 Å². The molecule has 0 radical (unpaired) electrons. The number of carboxylic acid groups (broad SMARTS) is 1. The van der Waals surface area contributed by atoms with E-state index in [4.69, 9.17) is 5.11 Å². The van der Waals surface area contributed by atoms with Crippen molar-refractivity contribution in [2.45, 2.75) is 0 Å². The molecule has 0 saturated carbocycles. The Bertz CT molecular complexity index is 296. The SMILES string of the molecule is C=CC(=O)NC(=C)C(=O)NCC(=O)O. The summed E-state index contributed by atoms with van der Waals surface area (Å²) in [5.41, 5.74) is -0.226. The van der Waals surface area contributed by atoms with Crippen LogP contribution in [0.1, 0.15) is 0 Å². The Hall–Kier alpha value is -2.11. The Morgan fingerprint density at radius 2 is 1.93 bits per heavy atom. The molecular formula is C8H10N2O4. The minimum atomic E-state index is -1.18. The zero-order chi connectivity index (χ0) is 11.1. The fraction of sp³-hybridized carbons (Fsp3) is 0.125. The van der Waals surface area contributed by atoms with Crippen LogP contribution in [0, 0.1) is 0 Å². The Morgan fingerprint density at radius 1 is 1.36 bits per heavy atom. The first-order valence-corrected chi connectivity index (χ1v) is 3.59. The second kappa shape index (κ2) is 5.52. The first-order chi connectivity index (χ1) is 6.47. The second-order valence-electron chi connectivity index (χ2n) is 2.25. The molecule has 0 aromatic carbocycles. The van der Waals surface area contributed by atoms with E-state index in [1.54, 1.807) is 0 Å². The summed E-state index contributed by atoms with van der Waals surface area (Å²) in [4.78, 5) is 31.7. The Labute approximate surface area is 80.3 Å². The molecule has 0 spiro atoms. The zero-order valence-electron chi connectivity index (χ0n) is 7.37. The summed E-state index contributed by atoms with van der Waals surface area (Å²) in [7, 11) is 0. The van der Waals surface area contributed by atoms with Gasteiger partial charge in [-0.2, -0.15) is 0 Å². The lowest BCUT2D eigenvalue weighted by Gasteiger charge is -2.05. The van der Waals surface area contributed by atoms with Gasteiger partial charge in [0.15, 0.2) is 0 Å². The molecule has 6 heteroatoms. The van der Waals surface area contributed by atoms with Crippen molar-refractivity contribution in [1.82, 2.24) is 10.6 Å². The Kier molecular flexibility index (Phi) is 4.69. The predicted molar refractivity (Wildman–Crippen MR) is 48.1 cm³/mol. The minimum Gasteiger partial charge on any atom is -0.480 e. The topological polar surface area (TPSA) is 95.5 Å². The van der Waals surface area contributed by atoms with Crippen LogP contribution in [0.15, 0.2) is 24.9 Å². The monoisotopic (exact) mass is 198 g/mol. The third kappa shape index (κ3) is 4.70. The molecule has 0 aliphatic heterocycles. The summed E-state index contributed by atoms with van der Waals surface area (Å²) in [6.45, 7) is 5.88. The molecule has 0 fully saturated rings. The highest BCUT2D eigenvalue weighted by Gasteiger charge is 2.09. The van der Waals surface area contributed by atoms with Crippen molar-refractivity contribution in [2.24, 2.45) is 0 Å². The van der Waals surface area contributed by atoms with Gasteiger partial charge in [-0.15, -0.1) is 0 Å². The molecule has 0 heterocycles. The van der Waals surface area contributed by atoms with Gasteiger partial charge in [0.05, 0.1) is 5.70 Å². The molecule has 0 aromatic heterocycles. The number of rotatable bonds is 5. The lowest BCUT2D eigenvalue weighted by atomic mass is 10.4. The van der Waals surface area contributed by atoms with E-state index in [-0.39, 0.29) is 5.70 Å². The largest absolute Gasteiger partial charge is 0.480 e. The van der Waals surface area contributed by atoms with Crippen LogP contribution in [-0.2, 0) is 14.4 Å². The fourth-order valence-electron chi connectivity index (χ4n) is 0.519. The van der Waals surface area contributed by atoms with E-state index in [2.05, 4.69) is 18.5 Å². The molecule has 0 aliphatic carbocycles. The van der Waals surface area contributed by atoms with Crippen LogP contribution in [0.4, 0.5) is 0 Å². The second-order valence-corrected chi connectivity index (χ2v) is 2.25. The Balaban J connectivity index is 4.00. The van der Waals surface area contributed by atoms with Crippen LogP contribution < -0.4 is 10.6 Å². The first kappa shape index (κ1) is 11.9. The van der Waals surface area contributed by atoms with Crippen molar-refractivity contribution >= 4 is 17.8 Å². The van der Waals surface area contributed by atoms with Gasteiger partial charge in [-0.25, -0.2) is 0 Å². The summed E-state index contributed by atoms with van der Waals surface area (Å²) >= 11 is 0. The molecule has 3 N–H and O–H groups in total. The molecule has 6 nitrogen and oxygen atoms in total. The lowest BCUT2D eigenvalue weighted by Crippen LogP contribution is -2.36. The summed E-state index contributed by atoms with van der Waals surface area (Å²) in [5.74, 6) is -2.51. The molecule has 0 unspecified atom stereocenters. The number of hydrogen-bond donors (Lipinski definition) is 3. The van der Waals surface area contributed by atoms with Gasteiger partial charge >= 0.3 is 5.97 Å². The highest BCUT2D eigenvalue weighted by molar-refractivity contribution is 6.00. The highest BCUT2D eigenvalue weighted by atomic mass is 16.4. The van der Waals surface area contributed by atoms with Crippen molar-refractivity contribution < 1.29 is 19.5 Å². The van der Waals surface area contributed by atoms with Gasteiger partial charge < -0.3 is 15.7 Å². The standard InChI is InChI=1S/C8H10N2O4/c1-3-6(11)10-5(2)8(14)9-4-7(12)13/h3H,1-2,4H2,(H,9,14)(H,10,11)(H,12,13). The summed E-state index contributed by atoms with van der Waals surface area (Å²) in [6, 6.07) is 0. The van der Waals surface area contributed by atoms with E-state index < -0.39 is 24.3 Å². The molecule has 2 amide bonds. The van der Waals surface area contributed by atoms with E-state index in [1.165, 1.54) is 0 Å². The van der Waals surface area contributed by atoms with Crippen molar-refractivity contribution in [2.75, 3.05) is 6.54 Å². The van der Waals surface area contributed by atoms with E-state index in [0.717, 1.165) is 6.08 Å².